The Bertz CT molecular complexity index is 1450. The second-order valence-corrected chi connectivity index (χ2v) is 8.57. The van der Waals surface area contributed by atoms with Crippen LogP contribution >= 0.6 is 0 Å². The van der Waals surface area contributed by atoms with Crippen LogP contribution in [0, 0.1) is 10.1 Å². The third-order valence-corrected chi connectivity index (χ3v) is 5.96. The van der Waals surface area contributed by atoms with Gasteiger partial charge in [0.15, 0.2) is 0 Å². The third kappa shape index (κ3) is 6.57. The van der Waals surface area contributed by atoms with Gasteiger partial charge in [0.1, 0.15) is 23.0 Å². The number of nitrogen functional groups attached to an aromatic ring is 1. The Morgan fingerprint density at radius 3 is 1.56 bits per heavy atom. The van der Waals surface area contributed by atoms with Gasteiger partial charge in [0, 0.05) is 17.8 Å². The lowest BCUT2D eigenvalue weighted by Gasteiger charge is -2.07. The van der Waals surface area contributed by atoms with Crippen LogP contribution < -0.4 is 26.1 Å². The summed E-state index contributed by atoms with van der Waals surface area (Å²) in [5.41, 5.74) is 9.68. The fourth-order valence-electron chi connectivity index (χ4n) is 3.96. The van der Waals surface area contributed by atoms with E-state index in [0.29, 0.717) is 47.4 Å². The number of benzene rings is 4. The van der Waals surface area contributed by atoms with Gasteiger partial charge in [-0.3, -0.25) is 10.1 Å². The van der Waals surface area contributed by atoms with E-state index in [4.69, 9.17) is 24.5 Å². The predicted molar refractivity (Wildman–Crippen MR) is 149 cm³/mol. The lowest BCUT2D eigenvalue weighted by atomic mass is 9.79. The highest BCUT2D eigenvalue weighted by molar-refractivity contribution is 6.62. The van der Waals surface area contributed by atoms with E-state index in [1.807, 2.05) is 18.2 Å². The molecule has 2 aliphatic heterocycles. The molecule has 0 aromatic heterocycles. The number of nitrogens with two attached hydrogens (primary N) is 1. The van der Waals surface area contributed by atoms with Crippen molar-refractivity contribution >= 4 is 36.5 Å². The molecule has 12 heteroatoms. The number of nitro benzene ring substituents is 1. The Hall–Kier alpha value is -4.35. The zero-order chi connectivity index (χ0) is 26.6. The van der Waals surface area contributed by atoms with Gasteiger partial charge in [0.25, 0.3) is 5.69 Å². The first-order chi connectivity index (χ1) is 18.4. The zero-order valence-corrected chi connectivity index (χ0v) is 20.0. The highest BCUT2D eigenvalue weighted by atomic mass is 16.6. The maximum Gasteiger partial charge on any atom is 0.491 e. The number of hydrogen-bond donors (Lipinski definition) is 3. The average Bonchev–Trinajstić information content (AvgIpc) is 3.48. The quantitative estimate of drug-likeness (QED) is 0.153. The summed E-state index contributed by atoms with van der Waals surface area (Å²) in [5, 5.41) is 29.8. The summed E-state index contributed by atoms with van der Waals surface area (Å²) in [6, 6.07) is 23.8. The molecule has 0 bridgehead atoms. The number of nitro groups is 1. The van der Waals surface area contributed by atoms with E-state index < -0.39 is 19.2 Å². The van der Waals surface area contributed by atoms with Gasteiger partial charge in [0.05, 0.1) is 18.1 Å². The van der Waals surface area contributed by atoms with E-state index in [9.17, 15) is 20.2 Å². The first kappa shape index (κ1) is 27.7. The first-order valence-corrected chi connectivity index (χ1v) is 11.7. The van der Waals surface area contributed by atoms with Gasteiger partial charge in [-0.05, 0) is 82.7 Å². The number of ether oxygens (including phenoxy) is 2. The van der Waals surface area contributed by atoms with E-state index in [2.05, 4.69) is 0 Å². The van der Waals surface area contributed by atoms with Gasteiger partial charge in [-0.2, -0.15) is 0 Å². The highest BCUT2D eigenvalue weighted by Crippen LogP contribution is 2.25. The summed E-state index contributed by atoms with van der Waals surface area (Å²) < 4.78 is 21.5. The van der Waals surface area contributed by atoms with Crippen molar-refractivity contribution in [1.82, 2.24) is 0 Å². The lowest BCUT2D eigenvalue weighted by Crippen LogP contribution is -2.27. The molecule has 0 aliphatic carbocycles. The summed E-state index contributed by atoms with van der Waals surface area (Å²) in [5.74, 6) is 2.41. The number of hydrogen-bond acceptors (Lipinski definition) is 9. The second kappa shape index (κ2) is 12.0. The normalized spacial score (nSPS) is 13.0. The molecule has 0 amide bonds. The number of nitrogens with zero attached hydrogens (tertiary/aromatic N) is 1. The maximum atomic E-state index is 10.6. The molecule has 10 nitrogen and oxygen atoms in total. The Kier molecular flexibility index (Phi) is 8.52. The number of rotatable bonds is 5. The largest absolute Gasteiger partial charge is 0.491 e. The predicted octanol–water partition coefficient (Wildman–Crippen LogP) is 3.52. The fraction of sp³-hybridized carbons (Fsp3) is 0.111. The molecule has 0 radical (unpaired) electrons. The molecule has 39 heavy (non-hydrogen) atoms. The van der Waals surface area contributed by atoms with Crippen LogP contribution in [-0.4, -0.2) is 29.2 Å². The van der Waals surface area contributed by atoms with Gasteiger partial charge in [-0.1, -0.05) is 19.6 Å². The molecular formula is C27H26B2N2O8. The fourth-order valence-corrected chi connectivity index (χ4v) is 3.96. The molecule has 2 aliphatic rings. The molecule has 0 saturated heterocycles. The summed E-state index contributed by atoms with van der Waals surface area (Å²) in [4.78, 5) is 10.1. The third-order valence-electron chi connectivity index (χ3n) is 5.96. The van der Waals surface area contributed by atoms with E-state index in [1.165, 1.54) is 24.3 Å². The number of fused-ring (bicyclic) bond motifs is 2. The topological polar surface area (TPSA) is 147 Å². The summed E-state index contributed by atoms with van der Waals surface area (Å²) in [6.45, 7) is 0.826. The molecule has 2 heterocycles. The van der Waals surface area contributed by atoms with Crippen molar-refractivity contribution in [2.45, 2.75) is 20.6 Å². The van der Waals surface area contributed by atoms with Crippen molar-refractivity contribution in [3.05, 3.63) is 106 Å². The zero-order valence-electron chi connectivity index (χ0n) is 20.0. The molecule has 0 saturated carbocycles. The molecule has 6 rings (SSSR count). The van der Waals surface area contributed by atoms with Crippen molar-refractivity contribution in [3.8, 4) is 23.0 Å². The van der Waals surface area contributed by atoms with Gasteiger partial charge < -0.3 is 34.6 Å². The minimum Gasteiger partial charge on any atom is -0.457 e. The molecule has 4 N–H and O–H groups in total. The van der Waals surface area contributed by atoms with Crippen molar-refractivity contribution in [2.24, 2.45) is 0 Å². The van der Waals surface area contributed by atoms with E-state index in [-0.39, 0.29) is 13.1 Å². The maximum absolute atomic E-state index is 10.6. The molecule has 0 unspecified atom stereocenters. The first-order valence-electron chi connectivity index (χ1n) is 11.7. The molecule has 0 atom stereocenters. The molecule has 198 valence electrons. The van der Waals surface area contributed by atoms with Crippen LogP contribution in [0.5, 0.6) is 23.0 Å². The minimum atomic E-state index is -0.926. The molecule has 4 aromatic rings. The van der Waals surface area contributed by atoms with Gasteiger partial charge in [-0.25, -0.2) is 0 Å². The smallest absolute Gasteiger partial charge is 0.457 e. The number of anilines is 1. The molecule has 0 fully saturated rings. The molecular weight excluding hydrogens is 502 g/mol. The molecule has 0 spiro atoms. The Morgan fingerprint density at radius 1 is 0.718 bits per heavy atom. The SMILES string of the molecule is C.Nc1ccc(Oc2ccc3c(c2)B(O)OC3)cc1.O=[N+]([O-])c1ccc(Oc2ccc3c(c2)B(O)OC3)cc1. The Balaban J connectivity index is 0.000000177. The van der Waals surface area contributed by atoms with Crippen molar-refractivity contribution in [2.75, 3.05) is 5.73 Å². The van der Waals surface area contributed by atoms with Crippen molar-refractivity contribution < 1.29 is 33.8 Å². The summed E-state index contributed by atoms with van der Waals surface area (Å²) in [7, 11) is -1.78. The van der Waals surface area contributed by atoms with E-state index in [0.717, 1.165) is 16.6 Å². The van der Waals surface area contributed by atoms with Crippen molar-refractivity contribution in [3.63, 3.8) is 0 Å². The van der Waals surface area contributed by atoms with Crippen molar-refractivity contribution in [1.29, 1.82) is 0 Å². The molecule has 4 aromatic carbocycles. The van der Waals surface area contributed by atoms with Gasteiger partial charge in [0.2, 0.25) is 0 Å². The monoisotopic (exact) mass is 528 g/mol. The van der Waals surface area contributed by atoms with Crippen LogP contribution in [0.4, 0.5) is 11.4 Å². The van der Waals surface area contributed by atoms with Crippen LogP contribution in [0.15, 0.2) is 84.9 Å². The Morgan fingerprint density at radius 2 is 1.13 bits per heavy atom. The van der Waals surface area contributed by atoms with Gasteiger partial charge in [-0.15, -0.1) is 0 Å². The van der Waals surface area contributed by atoms with Crippen LogP contribution in [0.1, 0.15) is 18.6 Å². The minimum absolute atomic E-state index is 0. The van der Waals surface area contributed by atoms with Crippen LogP contribution in [-0.2, 0) is 22.5 Å². The number of non-ortho nitro benzene ring substituents is 1. The summed E-state index contributed by atoms with van der Waals surface area (Å²) >= 11 is 0. The van der Waals surface area contributed by atoms with Crippen LogP contribution in [0.25, 0.3) is 0 Å². The highest BCUT2D eigenvalue weighted by Gasteiger charge is 2.28. The Labute approximate surface area is 226 Å². The second-order valence-electron chi connectivity index (χ2n) is 8.57. The van der Waals surface area contributed by atoms with E-state index >= 15 is 0 Å². The van der Waals surface area contributed by atoms with Crippen LogP contribution in [0.3, 0.4) is 0 Å². The van der Waals surface area contributed by atoms with Gasteiger partial charge >= 0.3 is 14.2 Å². The lowest BCUT2D eigenvalue weighted by molar-refractivity contribution is -0.384. The van der Waals surface area contributed by atoms with E-state index in [1.54, 1.807) is 42.5 Å². The average molecular weight is 528 g/mol. The summed E-state index contributed by atoms with van der Waals surface area (Å²) in [6.07, 6.45) is 0. The standard InChI is InChI=1S/C13H10BNO5.C13H12BNO3.CH4/c16-14-13-7-12(4-1-9(13)8-19-14)20-11-5-2-10(3-6-11)15(17)18;15-10-2-5-11(6-3-10)18-12-4-1-9-8-17-14(16)13(9)7-12;/h1-7,16H,8H2;1-7,16H,8,15H2;1H4. The van der Waals surface area contributed by atoms with Crippen LogP contribution in [0.2, 0.25) is 0 Å².